The Labute approximate surface area is 122 Å². The molecular weight excluding hydrogens is 278 g/mol. The molecule has 4 nitrogen and oxygen atoms in total. The molecule has 1 amide bonds. The number of carbonyl (C=O) groups excluding carboxylic acids is 1. The molecule has 21 heavy (non-hydrogen) atoms. The number of hydrogen-bond donors (Lipinski definition) is 2. The van der Waals surface area contributed by atoms with Gasteiger partial charge in [0.2, 0.25) is 5.91 Å². The first-order chi connectivity index (χ1) is 9.84. The second kappa shape index (κ2) is 6.49. The highest BCUT2D eigenvalue weighted by molar-refractivity contribution is 5.92. The summed E-state index contributed by atoms with van der Waals surface area (Å²) in [6.45, 7) is 3.29. The van der Waals surface area contributed by atoms with Crippen molar-refractivity contribution in [1.82, 2.24) is 4.90 Å². The van der Waals surface area contributed by atoms with Gasteiger partial charge < -0.3 is 10.4 Å². The molecule has 116 valence electrons. The second-order valence-corrected chi connectivity index (χ2v) is 5.83. The largest absolute Gasteiger partial charge is 0.390 e. The van der Waals surface area contributed by atoms with E-state index in [4.69, 9.17) is 0 Å². The minimum Gasteiger partial charge on any atom is -0.390 e. The van der Waals surface area contributed by atoms with E-state index in [1.807, 2.05) is 4.90 Å². The molecule has 0 bridgehead atoms. The van der Waals surface area contributed by atoms with Crippen molar-refractivity contribution in [3.05, 3.63) is 29.8 Å². The van der Waals surface area contributed by atoms with Crippen molar-refractivity contribution in [2.24, 2.45) is 0 Å². The van der Waals surface area contributed by atoms with E-state index in [0.717, 1.165) is 31.2 Å². The maximum atomic E-state index is 13.0. The fourth-order valence-electron chi connectivity index (χ4n) is 2.51. The highest BCUT2D eigenvalue weighted by Crippen LogP contribution is 2.21. The molecule has 2 N–H and O–H groups in total. The van der Waals surface area contributed by atoms with Crippen molar-refractivity contribution in [2.45, 2.75) is 31.8 Å². The number of anilines is 1. The number of nitrogens with zero attached hydrogens (tertiary/aromatic N) is 1. The smallest absolute Gasteiger partial charge is 0.238 e. The minimum atomic E-state index is -0.726. The van der Waals surface area contributed by atoms with E-state index < -0.39 is 17.2 Å². The van der Waals surface area contributed by atoms with Crippen LogP contribution in [0.2, 0.25) is 0 Å². The van der Waals surface area contributed by atoms with E-state index in [1.54, 1.807) is 6.92 Å². The van der Waals surface area contributed by atoms with Crippen LogP contribution in [0.3, 0.4) is 0 Å². The molecule has 1 unspecified atom stereocenters. The van der Waals surface area contributed by atoms with Gasteiger partial charge in [0.25, 0.3) is 0 Å². The number of benzene rings is 1. The number of hydrogen-bond acceptors (Lipinski definition) is 3. The third-order valence-electron chi connectivity index (χ3n) is 3.67. The zero-order valence-corrected chi connectivity index (χ0v) is 12.0. The van der Waals surface area contributed by atoms with Gasteiger partial charge in [-0.1, -0.05) is 0 Å². The molecule has 0 aliphatic carbocycles. The van der Waals surface area contributed by atoms with Crippen LogP contribution in [-0.4, -0.2) is 41.1 Å². The standard InChI is InChI=1S/C15H20F2N2O2/c1-15(21)3-2-5-19(6-4-15)10-14(20)18-13-8-11(16)7-12(17)9-13/h7-9,21H,2-6,10H2,1H3,(H,18,20). The lowest BCUT2D eigenvalue weighted by atomic mass is 9.98. The van der Waals surface area contributed by atoms with Gasteiger partial charge in [-0.05, 0) is 44.9 Å². The summed E-state index contributed by atoms with van der Waals surface area (Å²) in [7, 11) is 0. The van der Waals surface area contributed by atoms with Crippen LogP contribution in [0.15, 0.2) is 18.2 Å². The molecule has 1 fully saturated rings. The van der Waals surface area contributed by atoms with E-state index in [-0.39, 0.29) is 18.1 Å². The van der Waals surface area contributed by atoms with E-state index in [1.165, 1.54) is 0 Å². The molecule has 0 spiro atoms. The van der Waals surface area contributed by atoms with Gasteiger partial charge in [0.1, 0.15) is 11.6 Å². The molecule has 1 aromatic carbocycles. The number of aliphatic hydroxyl groups is 1. The predicted molar refractivity (Wildman–Crippen MR) is 75.9 cm³/mol. The lowest BCUT2D eigenvalue weighted by Gasteiger charge is -2.22. The molecule has 6 heteroatoms. The van der Waals surface area contributed by atoms with Gasteiger partial charge in [-0.3, -0.25) is 9.69 Å². The molecule has 0 saturated carbocycles. The van der Waals surface area contributed by atoms with Crippen LogP contribution in [0.1, 0.15) is 26.2 Å². The summed E-state index contributed by atoms with van der Waals surface area (Å²) in [5.74, 6) is -1.77. The third kappa shape index (κ3) is 5.06. The number of likely N-dealkylation sites (tertiary alicyclic amines) is 1. The van der Waals surface area contributed by atoms with Crippen LogP contribution in [0, 0.1) is 11.6 Å². The Morgan fingerprint density at radius 2 is 1.95 bits per heavy atom. The van der Waals surface area contributed by atoms with Crippen LogP contribution in [0.25, 0.3) is 0 Å². The topological polar surface area (TPSA) is 52.6 Å². The fraction of sp³-hybridized carbons (Fsp3) is 0.533. The second-order valence-electron chi connectivity index (χ2n) is 5.83. The number of amides is 1. The van der Waals surface area contributed by atoms with Crippen LogP contribution in [0.4, 0.5) is 14.5 Å². The van der Waals surface area contributed by atoms with Crippen molar-refractivity contribution >= 4 is 11.6 Å². The van der Waals surface area contributed by atoms with E-state index >= 15 is 0 Å². The molecule has 1 aliphatic heterocycles. The maximum Gasteiger partial charge on any atom is 0.238 e. The molecule has 2 rings (SSSR count). The van der Waals surface area contributed by atoms with Crippen LogP contribution < -0.4 is 5.32 Å². The summed E-state index contributed by atoms with van der Waals surface area (Å²) >= 11 is 0. The average molecular weight is 298 g/mol. The monoisotopic (exact) mass is 298 g/mol. The lowest BCUT2D eigenvalue weighted by Crippen LogP contribution is -2.35. The third-order valence-corrected chi connectivity index (χ3v) is 3.67. The zero-order valence-electron chi connectivity index (χ0n) is 12.0. The summed E-state index contributed by atoms with van der Waals surface area (Å²) in [5, 5.41) is 12.5. The Morgan fingerprint density at radius 1 is 1.29 bits per heavy atom. The van der Waals surface area contributed by atoms with Crippen molar-refractivity contribution in [3.63, 3.8) is 0 Å². The molecule has 1 aromatic rings. The molecule has 1 heterocycles. The normalized spacial score (nSPS) is 23.6. The van der Waals surface area contributed by atoms with Gasteiger partial charge >= 0.3 is 0 Å². The summed E-state index contributed by atoms with van der Waals surface area (Å²) in [6.07, 6.45) is 2.13. The van der Waals surface area contributed by atoms with Gasteiger partial charge in [-0.25, -0.2) is 8.78 Å². The van der Waals surface area contributed by atoms with Crippen molar-refractivity contribution in [3.8, 4) is 0 Å². The Hall–Kier alpha value is -1.53. The van der Waals surface area contributed by atoms with E-state index in [0.29, 0.717) is 19.4 Å². The summed E-state index contributed by atoms with van der Waals surface area (Å²) in [5.41, 5.74) is -0.573. The quantitative estimate of drug-likeness (QED) is 0.899. The Morgan fingerprint density at radius 3 is 2.62 bits per heavy atom. The lowest BCUT2D eigenvalue weighted by molar-refractivity contribution is -0.117. The Bertz CT molecular complexity index is 500. The van der Waals surface area contributed by atoms with Gasteiger partial charge in [0.05, 0.1) is 12.1 Å². The molecule has 1 atom stereocenters. The van der Waals surface area contributed by atoms with Gasteiger partial charge in [-0.15, -0.1) is 0 Å². The first kappa shape index (κ1) is 15.9. The van der Waals surface area contributed by atoms with E-state index in [9.17, 15) is 18.7 Å². The van der Waals surface area contributed by atoms with Crippen LogP contribution in [-0.2, 0) is 4.79 Å². The summed E-state index contributed by atoms with van der Waals surface area (Å²) in [6, 6.07) is 2.91. The summed E-state index contributed by atoms with van der Waals surface area (Å²) in [4.78, 5) is 13.9. The number of rotatable bonds is 3. The van der Waals surface area contributed by atoms with Crippen LogP contribution in [0.5, 0.6) is 0 Å². The van der Waals surface area contributed by atoms with Gasteiger partial charge in [0.15, 0.2) is 0 Å². The first-order valence-corrected chi connectivity index (χ1v) is 7.05. The van der Waals surface area contributed by atoms with Crippen molar-refractivity contribution in [2.75, 3.05) is 25.0 Å². The van der Waals surface area contributed by atoms with Crippen molar-refractivity contribution < 1.29 is 18.7 Å². The fourth-order valence-corrected chi connectivity index (χ4v) is 2.51. The number of carbonyl (C=O) groups is 1. The number of halogens is 2. The molecule has 1 saturated heterocycles. The van der Waals surface area contributed by atoms with Gasteiger partial charge in [0, 0.05) is 18.3 Å². The zero-order chi connectivity index (χ0) is 15.5. The first-order valence-electron chi connectivity index (χ1n) is 7.05. The maximum absolute atomic E-state index is 13.0. The molecule has 1 aliphatic rings. The molecule has 0 radical (unpaired) electrons. The molecular formula is C15H20F2N2O2. The van der Waals surface area contributed by atoms with E-state index in [2.05, 4.69) is 5.32 Å². The predicted octanol–water partition coefficient (Wildman–Crippen LogP) is 2.14. The Kier molecular flexibility index (Phi) is 4.90. The SMILES string of the molecule is CC1(O)CCCN(CC(=O)Nc2cc(F)cc(F)c2)CC1. The molecule has 0 aromatic heterocycles. The highest BCUT2D eigenvalue weighted by atomic mass is 19.1. The highest BCUT2D eigenvalue weighted by Gasteiger charge is 2.25. The van der Waals surface area contributed by atoms with Crippen molar-refractivity contribution in [1.29, 1.82) is 0 Å². The Balaban J connectivity index is 1.89. The minimum absolute atomic E-state index is 0.110. The van der Waals surface area contributed by atoms with Crippen LogP contribution >= 0.6 is 0 Å². The average Bonchev–Trinajstić information content (AvgIpc) is 2.49. The van der Waals surface area contributed by atoms with Gasteiger partial charge in [-0.2, -0.15) is 0 Å². The number of nitrogens with one attached hydrogen (secondary N) is 1. The summed E-state index contributed by atoms with van der Waals surface area (Å²) < 4.78 is 26.1.